The van der Waals surface area contributed by atoms with Crippen molar-refractivity contribution in [2.75, 3.05) is 0 Å². The topological polar surface area (TPSA) is 25.8 Å². The number of aromatic nitrogens is 2. The Morgan fingerprint density at radius 3 is 2.02 bits per heavy atom. The number of pyridine rings is 2. The van der Waals surface area contributed by atoms with Gasteiger partial charge in [-0.15, -0.1) is 0 Å². The third-order valence-electron chi connectivity index (χ3n) is 9.02. The Hall–Kier alpha value is -5.34. The molecule has 0 amide bonds. The summed E-state index contributed by atoms with van der Waals surface area (Å²) in [6.45, 7) is 4.48. The zero-order valence-electron chi connectivity index (χ0n) is 25.0. The first kappa shape index (κ1) is 26.3. The molecule has 210 valence electrons. The molecule has 0 saturated carbocycles. The van der Waals surface area contributed by atoms with Crippen molar-refractivity contribution in [1.29, 1.82) is 0 Å². The van der Waals surface area contributed by atoms with Gasteiger partial charge in [-0.1, -0.05) is 104 Å². The largest absolute Gasteiger partial charge is 0.264 e. The molecule has 0 fully saturated rings. The van der Waals surface area contributed by atoms with Crippen molar-refractivity contribution >= 4 is 27.6 Å². The Labute approximate surface area is 258 Å². The number of allylic oxidation sites excluding steroid dienone is 1. The van der Waals surface area contributed by atoms with Gasteiger partial charge in [0, 0.05) is 41.5 Å². The van der Waals surface area contributed by atoms with Gasteiger partial charge in [0.2, 0.25) is 0 Å². The Balaban J connectivity index is 1.32. The lowest BCUT2D eigenvalue weighted by atomic mass is 9.78. The predicted molar refractivity (Wildman–Crippen MR) is 185 cm³/mol. The molecule has 1 unspecified atom stereocenters. The van der Waals surface area contributed by atoms with Crippen molar-refractivity contribution in [3.05, 3.63) is 151 Å². The molecule has 44 heavy (non-hydrogen) atoms. The summed E-state index contributed by atoms with van der Waals surface area (Å²) >= 11 is 0. The van der Waals surface area contributed by atoms with Gasteiger partial charge in [-0.25, -0.2) is 0 Å². The van der Waals surface area contributed by atoms with Crippen LogP contribution in [-0.4, -0.2) is 9.97 Å². The van der Waals surface area contributed by atoms with E-state index in [1.54, 1.807) is 6.20 Å². The van der Waals surface area contributed by atoms with E-state index in [0.717, 1.165) is 28.7 Å². The van der Waals surface area contributed by atoms with Gasteiger partial charge < -0.3 is 0 Å². The quantitative estimate of drug-likeness (QED) is 0.212. The summed E-state index contributed by atoms with van der Waals surface area (Å²) < 4.78 is 0. The third-order valence-corrected chi connectivity index (χ3v) is 9.02. The molecule has 0 bridgehead atoms. The minimum atomic E-state index is 0.486. The number of fused-ring (bicyclic) bond motifs is 3. The van der Waals surface area contributed by atoms with Crippen LogP contribution in [-0.2, 0) is 6.42 Å². The molecule has 2 aromatic heterocycles. The fraction of sp³-hybridized carbons (Fsp3) is 0.0952. The first-order chi connectivity index (χ1) is 21.6. The number of nitrogens with zero attached hydrogens (tertiary/aromatic N) is 2. The van der Waals surface area contributed by atoms with Crippen molar-refractivity contribution < 1.29 is 0 Å². The maximum atomic E-state index is 4.58. The van der Waals surface area contributed by atoms with Gasteiger partial charge in [0.1, 0.15) is 0 Å². The van der Waals surface area contributed by atoms with Crippen molar-refractivity contribution in [3.8, 4) is 44.5 Å². The zero-order chi connectivity index (χ0) is 29.6. The molecule has 5 aromatic carbocycles. The highest BCUT2D eigenvalue weighted by Crippen LogP contribution is 2.45. The Morgan fingerprint density at radius 1 is 0.568 bits per heavy atom. The average molecular weight is 565 g/mol. The maximum absolute atomic E-state index is 4.58. The molecule has 0 N–H and O–H groups in total. The smallest absolute Gasteiger partial charge is 0.0347 e. The summed E-state index contributed by atoms with van der Waals surface area (Å²) in [5, 5.41) is 5.08. The second-order valence-corrected chi connectivity index (χ2v) is 12.1. The van der Waals surface area contributed by atoms with Gasteiger partial charge in [0.25, 0.3) is 0 Å². The molecule has 1 aliphatic carbocycles. The van der Waals surface area contributed by atoms with Gasteiger partial charge in [0.05, 0.1) is 0 Å². The van der Waals surface area contributed by atoms with Crippen LogP contribution in [0.1, 0.15) is 23.6 Å². The van der Waals surface area contributed by atoms with E-state index in [-0.39, 0.29) is 0 Å². The summed E-state index contributed by atoms with van der Waals surface area (Å²) in [6, 6.07) is 37.9. The number of benzene rings is 5. The van der Waals surface area contributed by atoms with E-state index in [9.17, 15) is 0 Å². The molecule has 0 spiro atoms. The van der Waals surface area contributed by atoms with Crippen molar-refractivity contribution in [2.24, 2.45) is 5.92 Å². The molecule has 1 aliphatic rings. The number of aryl methyl sites for hydroxylation is 1. The average Bonchev–Trinajstić information content (AvgIpc) is 3.07. The third kappa shape index (κ3) is 4.60. The van der Waals surface area contributed by atoms with Gasteiger partial charge in [-0.05, 0) is 104 Å². The summed E-state index contributed by atoms with van der Waals surface area (Å²) in [5.74, 6) is 0.486. The first-order valence-electron chi connectivity index (χ1n) is 15.4. The Kier molecular flexibility index (Phi) is 6.42. The van der Waals surface area contributed by atoms with Crippen LogP contribution in [0.25, 0.3) is 72.1 Å². The van der Waals surface area contributed by atoms with Crippen LogP contribution >= 0.6 is 0 Å². The van der Waals surface area contributed by atoms with E-state index in [2.05, 4.69) is 133 Å². The molecule has 2 nitrogen and oxygen atoms in total. The second-order valence-electron chi connectivity index (χ2n) is 12.1. The van der Waals surface area contributed by atoms with Gasteiger partial charge in [-0.3, -0.25) is 9.97 Å². The molecular weight excluding hydrogens is 532 g/mol. The molecule has 2 heterocycles. The standard InChI is InChI=1S/C42H32N2/c1-27-9-12-30(13-10-27)41-37-7-3-4-8-38(37)42(40-20-28(2)11-18-39(40)41)32-17-15-29-14-16-31(21-34(29)22-32)35-23-36(26-44-25-35)33-6-5-19-43-24-33/h3-19,21-26,28H,20H2,1-2H3. The van der Waals surface area contributed by atoms with Crippen LogP contribution in [0.3, 0.4) is 0 Å². The van der Waals surface area contributed by atoms with Crippen LogP contribution in [0, 0.1) is 12.8 Å². The van der Waals surface area contributed by atoms with Crippen molar-refractivity contribution in [3.63, 3.8) is 0 Å². The fourth-order valence-electron chi connectivity index (χ4n) is 6.79. The molecule has 8 rings (SSSR count). The molecule has 1 atom stereocenters. The number of rotatable bonds is 4. The highest BCUT2D eigenvalue weighted by atomic mass is 14.6. The predicted octanol–water partition coefficient (Wildman–Crippen LogP) is 11.0. The molecule has 7 aromatic rings. The van der Waals surface area contributed by atoms with Crippen LogP contribution in [0.2, 0.25) is 0 Å². The molecule has 0 aliphatic heterocycles. The maximum Gasteiger partial charge on any atom is 0.0347 e. The second kappa shape index (κ2) is 10.7. The SMILES string of the molecule is Cc1ccc(-c2c3c(c(-c4ccc5ccc(-c6cncc(-c7cccnc7)c6)cc5c4)c4ccccc24)CC(C)C=C3)cc1. The van der Waals surface area contributed by atoms with E-state index < -0.39 is 0 Å². The molecule has 2 heteroatoms. The van der Waals surface area contributed by atoms with E-state index in [1.807, 2.05) is 24.7 Å². The van der Waals surface area contributed by atoms with Crippen molar-refractivity contribution in [1.82, 2.24) is 9.97 Å². The van der Waals surface area contributed by atoms with Crippen molar-refractivity contribution in [2.45, 2.75) is 20.3 Å². The normalized spacial score (nSPS) is 14.2. The molecular formula is C42H32N2. The Morgan fingerprint density at radius 2 is 1.25 bits per heavy atom. The summed E-state index contributed by atoms with van der Waals surface area (Å²) in [7, 11) is 0. The van der Waals surface area contributed by atoms with E-state index in [4.69, 9.17) is 0 Å². The highest BCUT2D eigenvalue weighted by molar-refractivity contribution is 6.10. The summed E-state index contributed by atoms with van der Waals surface area (Å²) in [6.07, 6.45) is 13.3. The lowest BCUT2D eigenvalue weighted by Crippen LogP contribution is -2.08. The monoisotopic (exact) mass is 564 g/mol. The van der Waals surface area contributed by atoms with Gasteiger partial charge in [0.15, 0.2) is 0 Å². The van der Waals surface area contributed by atoms with E-state index in [1.165, 1.54) is 60.5 Å². The van der Waals surface area contributed by atoms with Crippen LogP contribution in [0.15, 0.2) is 134 Å². The molecule has 0 radical (unpaired) electrons. The van der Waals surface area contributed by atoms with E-state index >= 15 is 0 Å². The van der Waals surface area contributed by atoms with Crippen LogP contribution in [0.4, 0.5) is 0 Å². The minimum absolute atomic E-state index is 0.486. The zero-order valence-corrected chi connectivity index (χ0v) is 25.0. The summed E-state index contributed by atoms with van der Waals surface area (Å²) in [5.41, 5.74) is 13.7. The first-order valence-corrected chi connectivity index (χ1v) is 15.4. The van der Waals surface area contributed by atoms with Gasteiger partial charge in [-0.2, -0.15) is 0 Å². The fourth-order valence-corrected chi connectivity index (χ4v) is 6.79. The number of hydrogen-bond acceptors (Lipinski definition) is 2. The minimum Gasteiger partial charge on any atom is -0.264 e. The highest BCUT2D eigenvalue weighted by Gasteiger charge is 2.23. The number of hydrogen-bond donors (Lipinski definition) is 0. The van der Waals surface area contributed by atoms with Crippen LogP contribution < -0.4 is 0 Å². The van der Waals surface area contributed by atoms with E-state index in [0.29, 0.717) is 5.92 Å². The van der Waals surface area contributed by atoms with Gasteiger partial charge >= 0.3 is 0 Å². The molecule has 0 saturated heterocycles. The lowest BCUT2D eigenvalue weighted by Gasteiger charge is -2.26. The van der Waals surface area contributed by atoms with Crippen LogP contribution in [0.5, 0.6) is 0 Å². The lowest BCUT2D eigenvalue weighted by molar-refractivity contribution is 0.719. The summed E-state index contributed by atoms with van der Waals surface area (Å²) in [4.78, 5) is 8.87. The Bertz CT molecular complexity index is 2210.